The lowest BCUT2D eigenvalue weighted by Gasteiger charge is -2.59. The van der Waals surface area contributed by atoms with Crippen LogP contribution in [0.1, 0.15) is 57.4 Å². The van der Waals surface area contributed by atoms with Gasteiger partial charge in [0.1, 0.15) is 10.6 Å². The summed E-state index contributed by atoms with van der Waals surface area (Å²) in [6.45, 7) is 4.04. The summed E-state index contributed by atoms with van der Waals surface area (Å²) >= 11 is 0. The van der Waals surface area contributed by atoms with Crippen molar-refractivity contribution in [3.63, 3.8) is 0 Å². The minimum atomic E-state index is -3.61. The fourth-order valence-corrected chi connectivity index (χ4v) is 8.17. The maximum Gasteiger partial charge on any atom is 0.244 e. The van der Waals surface area contributed by atoms with Crippen LogP contribution in [0.3, 0.4) is 0 Å². The molecule has 1 aromatic rings. The maximum atomic E-state index is 13.2. The Morgan fingerprint density at radius 2 is 1.73 bits per heavy atom. The first-order valence-corrected chi connectivity index (χ1v) is 11.5. The fraction of sp³-hybridized carbons (Fsp3) is 0.714. The number of rotatable bonds is 6. The Morgan fingerprint density at radius 1 is 1.15 bits per heavy atom. The van der Waals surface area contributed by atoms with E-state index in [4.69, 9.17) is 4.74 Å². The predicted octanol–water partition coefficient (Wildman–Crippen LogP) is 4.28. The lowest BCUT2D eigenvalue weighted by Crippen LogP contribution is -2.56. The first kappa shape index (κ1) is 18.3. The zero-order valence-corrected chi connectivity index (χ0v) is 16.9. The Hall–Kier alpha value is -1.07. The van der Waals surface area contributed by atoms with Gasteiger partial charge >= 0.3 is 0 Å². The Labute approximate surface area is 157 Å². The van der Waals surface area contributed by atoms with Gasteiger partial charge in [-0.2, -0.15) is 0 Å². The molecule has 1 N–H and O–H groups in total. The predicted molar refractivity (Wildman–Crippen MR) is 103 cm³/mol. The average molecular weight is 378 g/mol. The van der Waals surface area contributed by atoms with E-state index in [1.807, 2.05) is 13.0 Å². The highest BCUT2D eigenvalue weighted by Crippen LogP contribution is 2.61. The molecule has 4 fully saturated rings. The van der Waals surface area contributed by atoms with Gasteiger partial charge in [-0.05, 0) is 92.7 Å². The molecule has 4 aliphatic carbocycles. The number of aryl methyl sites for hydroxylation is 1. The molecular weight excluding hydrogens is 346 g/mol. The van der Waals surface area contributed by atoms with Crippen molar-refractivity contribution in [2.45, 2.75) is 69.7 Å². The quantitative estimate of drug-likeness (QED) is 0.805. The van der Waals surface area contributed by atoms with Gasteiger partial charge in [0.25, 0.3) is 0 Å². The van der Waals surface area contributed by atoms with Gasteiger partial charge in [0, 0.05) is 6.04 Å². The Balaban J connectivity index is 1.64. The van der Waals surface area contributed by atoms with Crippen LogP contribution in [-0.2, 0) is 10.0 Å². The number of hydrogen-bond donors (Lipinski definition) is 1. The zero-order chi connectivity index (χ0) is 18.5. The van der Waals surface area contributed by atoms with Gasteiger partial charge in [0.2, 0.25) is 10.0 Å². The van der Waals surface area contributed by atoms with Gasteiger partial charge in [0.15, 0.2) is 0 Å². The number of sulfonamides is 1. The van der Waals surface area contributed by atoms with Crippen LogP contribution in [0.25, 0.3) is 0 Å². The number of hydrogen-bond acceptors (Lipinski definition) is 3. The Bertz CT molecular complexity index is 751. The normalized spacial score (nSPS) is 34.0. The lowest BCUT2D eigenvalue weighted by molar-refractivity contribution is -0.0704. The number of benzene rings is 1. The second-order valence-corrected chi connectivity index (χ2v) is 10.7. The summed E-state index contributed by atoms with van der Waals surface area (Å²) in [6.07, 6.45) is 8.55. The second-order valence-electron chi connectivity index (χ2n) is 9.02. The van der Waals surface area contributed by atoms with Crippen LogP contribution in [-0.4, -0.2) is 21.6 Å². The largest absolute Gasteiger partial charge is 0.495 e. The van der Waals surface area contributed by atoms with Gasteiger partial charge in [-0.1, -0.05) is 13.0 Å². The van der Waals surface area contributed by atoms with E-state index in [9.17, 15) is 8.42 Å². The molecule has 1 aromatic carbocycles. The van der Waals surface area contributed by atoms with Gasteiger partial charge in [0.05, 0.1) is 7.11 Å². The maximum absolute atomic E-state index is 13.2. The summed E-state index contributed by atoms with van der Waals surface area (Å²) in [6, 6.07) is 5.36. The molecule has 144 valence electrons. The smallest absolute Gasteiger partial charge is 0.244 e. The highest BCUT2D eigenvalue weighted by atomic mass is 32.2. The molecule has 26 heavy (non-hydrogen) atoms. The molecule has 1 atom stereocenters. The molecule has 0 aromatic heterocycles. The summed E-state index contributed by atoms with van der Waals surface area (Å²) < 4.78 is 34.9. The lowest BCUT2D eigenvalue weighted by atomic mass is 9.47. The van der Waals surface area contributed by atoms with Gasteiger partial charge in [-0.25, -0.2) is 13.1 Å². The summed E-state index contributed by atoms with van der Waals surface area (Å²) in [7, 11) is -2.08. The first-order valence-electron chi connectivity index (χ1n) is 10.0. The number of methoxy groups -OCH3 is 1. The minimum Gasteiger partial charge on any atom is -0.495 e. The molecule has 4 saturated carbocycles. The third-order valence-electron chi connectivity index (χ3n) is 7.14. The molecule has 1 unspecified atom stereocenters. The van der Waals surface area contributed by atoms with Crippen LogP contribution in [0, 0.1) is 30.1 Å². The molecule has 0 saturated heterocycles. The van der Waals surface area contributed by atoms with Gasteiger partial charge in [-0.3, -0.25) is 0 Å². The number of nitrogens with one attached hydrogen (secondary N) is 1. The van der Waals surface area contributed by atoms with Crippen molar-refractivity contribution in [1.82, 2.24) is 4.72 Å². The minimum absolute atomic E-state index is 0.0196. The van der Waals surface area contributed by atoms with Gasteiger partial charge in [-0.15, -0.1) is 0 Å². The SMILES string of the molecule is CCC(NS(=O)(=O)c1cc(C)ccc1OC)C12CC3CC(CC(C3)C1)C2. The van der Waals surface area contributed by atoms with E-state index in [-0.39, 0.29) is 16.4 Å². The molecule has 0 amide bonds. The summed E-state index contributed by atoms with van der Waals surface area (Å²) in [5, 5.41) is 0. The van der Waals surface area contributed by atoms with Crippen molar-refractivity contribution in [2.24, 2.45) is 23.2 Å². The monoisotopic (exact) mass is 377 g/mol. The van der Waals surface area contributed by atoms with Crippen molar-refractivity contribution in [3.8, 4) is 5.75 Å². The molecule has 5 rings (SSSR count). The zero-order valence-electron chi connectivity index (χ0n) is 16.1. The molecule has 0 spiro atoms. The Morgan fingerprint density at radius 3 is 2.23 bits per heavy atom. The fourth-order valence-electron chi connectivity index (χ4n) is 6.49. The Kier molecular flexibility index (Phi) is 4.59. The van der Waals surface area contributed by atoms with Crippen LogP contribution < -0.4 is 9.46 Å². The van der Waals surface area contributed by atoms with E-state index >= 15 is 0 Å². The summed E-state index contributed by atoms with van der Waals surface area (Å²) in [5.41, 5.74) is 1.09. The number of ether oxygens (including phenoxy) is 1. The highest BCUT2D eigenvalue weighted by Gasteiger charge is 2.54. The van der Waals surface area contributed by atoms with Crippen molar-refractivity contribution < 1.29 is 13.2 Å². The van der Waals surface area contributed by atoms with E-state index in [1.165, 1.54) is 45.6 Å². The first-order chi connectivity index (χ1) is 12.3. The molecule has 0 radical (unpaired) electrons. The van der Waals surface area contributed by atoms with Crippen LogP contribution in [0.15, 0.2) is 23.1 Å². The van der Waals surface area contributed by atoms with Crippen LogP contribution in [0.5, 0.6) is 5.75 Å². The van der Waals surface area contributed by atoms with Crippen LogP contribution >= 0.6 is 0 Å². The van der Waals surface area contributed by atoms with Crippen LogP contribution in [0.4, 0.5) is 0 Å². The molecule has 4 bridgehead atoms. The molecule has 4 aliphatic rings. The third kappa shape index (κ3) is 3.07. The highest BCUT2D eigenvalue weighted by molar-refractivity contribution is 7.89. The second kappa shape index (κ2) is 6.52. The molecular formula is C21H31NO3S. The molecule has 4 nitrogen and oxygen atoms in total. The summed E-state index contributed by atoms with van der Waals surface area (Å²) in [4.78, 5) is 0.267. The summed E-state index contributed by atoms with van der Waals surface area (Å²) in [5.74, 6) is 2.86. The molecule has 0 heterocycles. The molecule has 0 aliphatic heterocycles. The third-order valence-corrected chi connectivity index (χ3v) is 8.63. The van der Waals surface area contributed by atoms with E-state index in [2.05, 4.69) is 11.6 Å². The van der Waals surface area contributed by atoms with E-state index in [0.29, 0.717) is 5.75 Å². The van der Waals surface area contributed by atoms with E-state index in [1.54, 1.807) is 12.1 Å². The van der Waals surface area contributed by atoms with E-state index < -0.39 is 10.0 Å². The average Bonchev–Trinajstić information content (AvgIpc) is 2.58. The van der Waals surface area contributed by atoms with Gasteiger partial charge < -0.3 is 4.74 Å². The molecule has 5 heteroatoms. The van der Waals surface area contributed by atoms with E-state index in [0.717, 1.165) is 29.7 Å². The van der Waals surface area contributed by atoms with Crippen molar-refractivity contribution >= 4 is 10.0 Å². The standard InChI is InChI=1S/C21H31NO3S/c1-4-20(21-11-15-8-16(12-21)10-17(9-15)13-21)22-26(23,24)19-7-14(2)5-6-18(19)25-3/h5-7,15-17,20,22H,4,8-13H2,1-3H3. The van der Waals surface area contributed by atoms with Crippen molar-refractivity contribution in [1.29, 1.82) is 0 Å². The van der Waals surface area contributed by atoms with Crippen molar-refractivity contribution in [2.75, 3.05) is 7.11 Å². The van der Waals surface area contributed by atoms with Crippen LogP contribution in [0.2, 0.25) is 0 Å². The topological polar surface area (TPSA) is 55.4 Å². The van der Waals surface area contributed by atoms with Crippen molar-refractivity contribution in [3.05, 3.63) is 23.8 Å².